The van der Waals surface area contributed by atoms with Crippen LogP contribution in [-0.4, -0.2) is 24.5 Å². The summed E-state index contributed by atoms with van der Waals surface area (Å²) in [5.41, 5.74) is 7.69. The molecular weight excluding hydrogens is 196 g/mol. The monoisotopic (exact) mass is 218 g/mol. The Morgan fingerprint density at radius 2 is 1.94 bits per heavy atom. The van der Waals surface area contributed by atoms with Crippen molar-refractivity contribution in [3.63, 3.8) is 0 Å². The molecule has 0 spiro atoms. The lowest BCUT2D eigenvalue weighted by molar-refractivity contribution is 0.224. The summed E-state index contributed by atoms with van der Waals surface area (Å²) in [6.07, 6.45) is 2.63. The quantitative estimate of drug-likeness (QED) is 0.793. The standard InChI is InChI=1S/C14H22N2/c1-2-16(12-14(11-15)8-9-14)10-13-6-4-3-5-7-13/h3-7H,2,8-12,15H2,1H3. The maximum atomic E-state index is 5.84. The Morgan fingerprint density at radius 3 is 2.44 bits per heavy atom. The fraction of sp³-hybridized carbons (Fsp3) is 0.571. The molecule has 1 aromatic carbocycles. The van der Waals surface area contributed by atoms with E-state index in [1.165, 1.54) is 18.4 Å². The molecule has 0 heterocycles. The zero-order valence-corrected chi connectivity index (χ0v) is 10.2. The third-order valence-electron chi connectivity index (χ3n) is 3.65. The zero-order valence-electron chi connectivity index (χ0n) is 10.2. The molecule has 2 N–H and O–H groups in total. The Hall–Kier alpha value is -0.860. The fourth-order valence-corrected chi connectivity index (χ4v) is 2.20. The van der Waals surface area contributed by atoms with Crippen molar-refractivity contribution in [1.29, 1.82) is 0 Å². The number of nitrogens with two attached hydrogens (primary N) is 1. The van der Waals surface area contributed by atoms with Crippen LogP contribution in [0, 0.1) is 5.41 Å². The van der Waals surface area contributed by atoms with Gasteiger partial charge in [0.05, 0.1) is 0 Å². The highest BCUT2D eigenvalue weighted by Crippen LogP contribution is 2.45. The van der Waals surface area contributed by atoms with Gasteiger partial charge < -0.3 is 5.73 Å². The lowest BCUT2D eigenvalue weighted by atomic mass is 10.1. The van der Waals surface area contributed by atoms with E-state index < -0.39 is 0 Å². The number of hydrogen-bond acceptors (Lipinski definition) is 2. The largest absolute Gasteiger partial charge is 0.330 e. The van der Waals surface area contributed by atoms with Gasteiger partial charge in [-0.3, -0.25) is 4.90 Å². The van der Waals surface area contributed by atoms with Crippen LogP contribution in [0.2, 0.25) is 0 Å². The highest BCUT2D eigenvalue weighted by atomic mass is 15.1. The Labute approximate surface area is 98.4 Å². The molecule has 1 aliphatic rings. The van der Waals surface area contributed by atoms with E-state index in [1.54, 1.807) is 0 Å². The molecule has 2 nitrogen and oxygen atoms in total. The first-order chi connectivity index (χ1) is 7.78. The summed E-state index contributed by atoms with van der Waals surface area (Å²) >= 11 is 0. The Bertz CT molecular complexity index is 317. The van der Waals surface area contributed by atoms with Gasteiger partial charge in [-0.2, -0.15) is 0 Å². The van der Waals surface area contributed by atoms with Crippen LogP contribution in [-0.2, 0) is 6.54 Å². The van der Waals surface area contributed by atoms with Gasteiger partial charge in [0.1, 0.15) is 0 Å². The number of rotatable bonds is 6. The lowest BCUT2D eigenvalue weighted by Gasteiger charge is -2.25. The number of nitrogens with zero attached hydrogens (tertiary/aromatic N) is 1. The van der Waals surface area contributed by atoms with Gasteiger partial charge in [-0.05, 0) is 36.9 Å². The minimum absolute atomic E-state index is 0.449. The van der Waals surface area contributed by atoms with Crippen molar-refractivity contribution in [2.24, 2.45) is 11.1 Å². The van der Waals surface area contributed by atoms with Crippen LogP contribution in [0.15, 0.2) is 30.3 Å². The average molecular weight is 218 g/mol. The summed E-state index contributed by atoms with van der Waals surface area (Å²) in [6.45, 7) is 6.40. The van der Waals surface area contributed by atoms with E-state index >= 15 is 0 Å². The Balaban J connectivity index is 1.91. The molecule has 16 heavy (non-hydrogen) atoms. The molecule has 1 aliphatic carbocycles. The molecule has 2 heteroatoms. The molecule has 2 rings (SSSR count). The van der Waals surface area contributed by atoms with Crippen molar-refractivity contribution < 1.29 is 0 Å². The molecule has 88 valence electrons. The molecule has 0 unspecified atom stereocenters. The topological polar surface area (TPSA) is 29.3 Å². The van der Waals surface area contributed by atoms with Crippen LogP contribution in [0.1, 0.15) is 25.3 Å². The molecule has 1 aromatic rings. The lowest BCUT2D eigenvalue weighted by Crippen LogP contribution is -2.33. The highest BCUT2D eigenvalue weighted by Gasteiger charge is 2.42. The molecule has 0 bridgehead atoms. The van der Waals surface area contributed by atoms with Crippen molar-refractivity contribution in [2.75, 3.05) is 19.6 Å². The third kappa shape index (κ3) is 2.83. The van der Waals surface area contributed by atoms with E-state index in [-0.39, 0.29) is 0 Å². The average Bonchev–Trinajstić information content (AvgIpc) is 3.10. The molecule has 0 saturated heterocycles. The molecule has 1 saturated carbocycles. The summed E-state index contributed by atoms with van der Waals surface area (Å²) in [5, 5.41) is 0. The van der Waals surface area contributed by atoms with E-state index in [2.05, 4.69) is 42.2 Å². The van der Waals surface area contributed by atoms with Crippen molar-refractivity contribution in [3.8, 4) is 0 Å². The maximum absolute atomic E-state index is 5.84. The van der Waals surface area contributed by atoms with Gasteiger partial charge in [-0.1, -0.05) is 37.3 Å². The van der Waals surface area contributed by atoms with Gasteiger partial charge in [-0.25, -0.2) is 0 Å². The highest BCUT2D eigenvalue weighted by molar-refractivity contribution is 5.14. The first kappa shape index (κ1) is 11.6. The van der Waals surface area contributed by atoms with E-state index in [0.29, 0.717) is 5.41 Å². The van der Waals surface area contributed by atoms with Gasteiger partial charge in [-0.15, -0.1) is 0 Å². The van der Waals surface area contributed by atoms with Crippen LogP contribution in [0.3, 0.4) is 0 Å². The summed E-state index contributed by atoms with van der Waals surface area (Å²) in [5.74, 6) is 0. The van der Waals surface area contributed by atoms with Crippen LogP contribution >= 0.6 is 0 Å². The van der Waals surface area contributed by atoms with E-state index in [4.69, 9.17) is 5.73 Å². The summed E-state index contributed by atoms with van der Waals surface area (Å²) < 4.78 is 0. The molecule has 1 fully saturated rings. The van der Waals surface area contributed by atoms with E-state index in [1.807, 2.05) is 0 Å². The smallest absolute Gasteiger partial charge is 0.0233 e. The van der Waals surface area contributed by atoms with E-state index in [9.17, 15) is 0 Å². The number of benzene rings is 1. The Morgan fingerprint density at radius 1 is 1.25 bits per heavy atom. The van der Waals surface area contributed by atoms with Crippen molar-refractivity contribution in [1.82, 2.24) is 4.90 Å². The number of hydrogen-bond donors (Lipinski definition) is 1. The molecule has 0 atom stereocenters. The van der Waals surface area contributed by atoms with Gasteiger partial charge in [0.25, 0.3) is 0 Å². The molecule has 0 amide bonds. The van der Waals surface area contributed by atoms with Crippen LogP contribution in [0.25, 0.3) is 0 Å². The van der Waals surface area contributed by atoms with Crippen LogP contribution in [0.4, 0.5) is 0 Å². The molecule has 0 radical (unpaired) electrons. The summed E-state index contributed by atoms with van der Waals surface area (Å²) in [6, 6.07) is 10.7. The second-order valence-electron chi connectivity index (χ2n) is 4.99. The first-order valence-electron chi connectivity index (χ1n) is 6.24. The SMILES string of the molecule is CCN(Cc1ccccc1)CC1(CN)CC1. The maximum Gasteiger partial charge on any atom is 0.0233 e. The predicted molar refractivity (Wildman–Crippen MR) is 68.1 cm³/mol. The van der Waals surface area contributed by atoms with E-state index in [0.717, 1.165) is 26.2 Å². The van der Waals surface area contributed by atoms with Crippen LogP contribution < -0.4 is 5.73 Å². The second kappa shape index (κ2) is 4.98. The first-order valence-corrected chi connectivity index (χ1v) is 6.24. The second-order valence-corrected chi connectivity index (χ2v) is 4.99. The molecule has 0 aliphatic heterocycles. The minimum atomic E-state index is 0.449. The summed E-state index contributed by atoms with van der Waals surface area (Å²) in [4.78, 5) is 2.51. The fourth-order valence-electron chi connectivity index (χ4n) is 2.20. The van der Waals surface area contributed by atoms with Gasteiger partial charge >= 0.3 is 0 Å². The summed E-state index contributed by atoms with van der Waals surface area (Å²) in [7, 11) is 0. The van der Waals surface area contributed by atoms with Crippen molar-refractivity contribution in [3.05, 3.63) is 35.9 Å². The van der Waals surface area contributed by atoms with Crippen molar-refractivity contribution >= 4 is 0 Å². The molecular formula is C14H22N2. The van der Waals surface area contributed by atoms with Crippen LogP contribution in [0.5, 0.6) is 0 Å². The third-order valence-corrected chi connectivity index (χ3v) is 3.65. The van der Waals surface area contributed by atoms with Gasteiger partial charge in [0.2, 0.25) is 0 Å². The zero-order chi connectivity index (χ0) is 11.4. The molecule has 0 aromatic heterocycles. The Kier molecular flexibility index (Phi) is 3.62. The van der Waals surface area contributed by atoms with Gasteiger partial charge in [0.15, 0.2) is 0 Å². The predicted octanol–water partition coefficient (Wildman–Crippen LogP) is 2.25. The normalized spacial score (nSPS) is 17.7. The van der Waals surface area contributed by atoms with Gasteiger partial charge in [0, 0.05) is 13.1 Å². The van der Waals surface area contributed by atoms with Crippen molar-refractivity contribution in [2.45, 2.75) is 26.3 Å². The minimum Gasteiger partial charge on any atom is -0.330 e.